The molecule has 3 atom stereocenters. The highest BCUT2D eigenvalue weighted by Gasteiger charge is 2.59. The number of likely N-dealkylation sites (tertiary alicyclic amines) is 1. The summed E-state index contributed by atoms with van der Waals surface area (Å²) in [5, 5.41) is 0. The lowest BCUT2D eigenvalue weighted by molar-refractivity contribution is -0.0996. The fourth-order valence-corrected chi connectivity index (χ4v) is 3.99. The summed E-state index contributed by atoms with van der Waals surface area (Å²) in [5.74, 6) is 0.429. The largest absolute Gasteiger partial charge is 0.445 e. The molecule has 1 saturated heterocycles. The van der Waals surface area contributed by atoms with Gasteiger partial charge in [-0.1, -0.05) is 44.2 Å². The number of amides is 1. The molecule has 1 aromatic carbocycles. The van der Waals surface area contributed by atoms with Crippen LogP contribution in [0.25, 0.3) is 0 Å². The van der Waals surface area contributed by atoms with Gasteiger partial charge in [-0.25, -0.2) is 4.79 Å². The molecule has 21 heavy (non-hydrogen) atoms. The molecule has 0 aromatic heterocycles. The normalized spacial score (nSPS) is 30.2. The summed E-state index contributed by atoms with van der Waals surface area (Å²) in [7, 11) is 0. The molecule has 1 aromatic rings. The third kappa shape index (κ3) is 2.42. The summed E-state index contributed by atoms with van der Waals surface area (Å²) in [6.07, 6.45) is 1.94. The molecule has 1 saturated carbocycles. The van der Waals surface area contributed by atoms with Gasteiger partial charge in [-0.05, 0) is 24.3 Å². The predicted octanol–water partition coefficient (Wildman–Crippen LogP) is 2.77. The van der Waals surface area contributed by atoms with Gasteiger partial charge in [-0.3, -0.25) is 0 Å². The van der Waals surface area contributed by atoms with Crippen molar-refractivity contribution in [3.05, 3.63) is 35.9 Å². The van der Waals surface area contributed by atoms with Crippen LogP contribution >= 0.6 is 0 Å². The van der Waals surface area contributed by atoms with Crippen molar-refractivity contribution in [3.63, 3.8) is 0 Å². The van der Waals surface area contributed by atoms with Crippen LogP contribution < -0.4 is 5.73 Å². The SMILES string of the molecule is CC1(C)C(N)C2CCCN(C(=O)OCc3ccccc3)C21. The van der Waals surface area contributed by atoms with Crippen LogP contribution in [-0.4, -0.2) is 29.6 Å². The van der Waals surface area contributed by atoms with Gasteiger partial charge in [0.25, 0.3) is 0 Å². The van der Waals surface area contributed by atoms with E-state index in [0.29, 0.717) is 12.5 Å². The maximum Gasteiger partial charge on any atom is 0.410 e. The van der Waals surface area contributed by atoms with Crippen LogP contribution in [0.4, 0.5) is 4.79 Å². The highest BCUT2D eigenvalue weighted by atomic mass is 16.6. The van der Waals surface area contributed by atoms with E-state index in [1.807, 2.05) is 35.2 Å². The number of hydrogen-bond acceptors (Lipinski definition) is 3. The Morgan fingerprint density at radius 2 is 2.10 bits per heavy atom. The zero-order valence-electron chi connectivity index (χ0n) is 12.8. The zero-order valence-corrected chi connectivity index (χ0v) is 12.8. The number of ether oxygens (including phenoxy) is 1. The lowest BCUT2D eigenvalue weighted by Crippen LogP contribution is -2.73. The number of rotatable bonds is 2. The Bertz CT molecular complexity index is 515. The molecule has 3 rings (SSSR count). The molecule has 1 amide bonds. The Kier molecular flexibility index (Phi) is 3.66. The van der Waals surface area contributed by atoms with Gasteiger partial charge >= 0.3 is 6.09 Å². The molecule has 1 heterocycles. The van der Waals surface area contributed by atoms with Crippen LogP contribution in [0.3, 0.4) is 0 Å². The minimum absolute atomic E-state index is 0.0170. The van der Waals surface area contributed by atoms with E-state index in [1.54, 1.807) is 0 Å². The van der Waals surface area contributed by atoms with E-state index in [1.165, 1.54) is 0 Å². The summed E-state index contributed by atoms with van der Waals surface area (Å²) in [4.78, 5) is 14.3. The van der Waals surface area contributed by atoms with E-state index in [-0.39, 0.29) is 23.6 Å². The molecular weight excluding hydrogens is 264 g/mol. The zero-order chi connectivity index (χ0) is 15.0. The number of nitrogens with zero attached hydrogens (tertiary/aromatic N) is 1. The molecule has 2 N–H and O–H groups in total. The van der Waals surface area contributed by atoms with E-state index in [4.69, 9.17) is 10.5 Å². The number of carbonyl (C=O) groups is 1. The van der Waals surface area contributed by atoms with Crippen molar-refractivity contribution in [1.29, 1.82) is 0 Å². The van der Waals surface area contributed by atoms with Crippen LogP contribution in [0.5, 0.6) is 0 Å². The Balaban J connectivity index is 1.64. The van der Waals surface area contributed by atoms with E-state index in [2.05, 4.69) is 13.8 Å². The lowest BCUT2D eigenvalue weighted by Gasteiger charge is -2.62. The molecular formula is C17H24N2O2. The van der Waals surface area contributed by atoms with Crippen molar-refractivity contribution in [1.82, 2.24) is 4.90 Å². The van der Waals surface area contributed by atoms with Gasteiger partial charge in [-0.2, -0.15) is 0 Å². The maximum absolute atomic E-state index is 12.4. The highest BCUT2D eigenvalue weighted by molar-refractivity contribution is 5.69. The summed E-state index contributed by atoms with van der Waals surface area (Å²) >= 11 is 0. The van der Waals surface area contributed by atoms with Crippen LogP contribution in [0, 0.1) is 11.3 Å². The first kappa shape index (κ1) is 14.4. The van der Waals surface area contributed by atoms with Crippen molar-refractivity contribution in [3.8, 4) is 0 Å². The van der Waals surface area contributed by atoms with Gasteiger partial charge in [0.05, 0.1) is 0 Å². The molecule has 114 valence electrons. The topological polar surface area (TPSA) is 55.6 Å². The van der Waals surface area contributed by atoms with Gasteiger partial charge < -0.3 is 15.4 Å². The Morgan fingerprint density at radius 3 is 2.81 bits per heavy atom. The fourth-order valence-electron chi connectivity index (χ4n) is 3.99. The Labute approximate surface area is 126 Å². The summed E-state index contributed by atoms with van der Waals surface area (Å²) < 4.78 is 5.49. The van der Waals surface area contributed by atoms with Crippen molar-refractivity contribution >= 4 is 6.09 Å². The third-order valence-electron chi connectivity index (χ3n) is 5.20. The molecule has 4 heteroatoms. The van der Waals surface area contributed by atoms with Crippen LogP contribution in [-0.2, 0) is 11.3 Å². The lowest BCUT2D eigenvalue weighted by atomic mass is 9.53. The van der Waals surface area contributed by atoms with Gasteiger partial charge in [-0.15, -0.1) is 0 Å². The molecule has 2 fully saturated rings. The highest BCUT2D eigenvalue weighted by Crippen LogP contribution is 2.51. The van der Waals surface area contributed by atoms with Gasteiger partial charge in [0.1, 0.15) is 6.61 Å². The maximum atomic E-state index is 12.4. The first-order valence-electron chi connectivity index (χ1n) is 7.74. The second-order valence-electron chi connectivity index (χ2n) is 6.83. The van der Waals surface area contributed by atoms with Gasteiger partial charge in [0.15, 0.2) is 0 Å². The minimum Gasteiger partial charge on any atom is -0.445 e. The van der Waals surface area contributed by atoms with Crippen LogP contribution in [0.2, 0.25) is 0 Å². The second-order valence-corrected chi connectivity index (χ2v) is 6.83. The van der Waals surface area contributed by atoms with E-state index < -0.39 is 0 Å². The smallest absolute Gasteiger partial charge is 0.410 e. The molecule has 0 radical (unpaired) electrons. The van der Waals surface area contributed by atoms with E-state index >= 15 is 0 Å². The number of fused-ring (bicyclic) bond motifs is 1. The summed E-state index contributed by atoms with van der Waals surface area (Å²) in [5.41, 5.74) is 7.26. The molecule has 0 bridgehead atoms. The van der Waals surface area contributed by atoms with E-state index in [9.17, 15) is 4.79 Å². The minimum atomic E-state index is -0.200. The quantitative estimate of drug-likeness (QED) is 0.910. The summed E-state index contributed by atoms with van der Waals surface area (Å²) in [6, 6.07) is 10.2. The average molecular weight is 288 g/mol. The van der Waals surface area contributed by atoms with E-state index in [0.717, 1.165) is 24.9 Å². The number of piperidine rings is 1. The number of carbonyl (C=O) groups excluding carboxylic acids is 1. The molecule has 2 aliphatic rings. The number of hydrogen-bond donors (Lipinski definition) is 1. The van der Waals surface area contributed by atoms with Crippen molar-refractivity contribution in [2.45, 2.75) is 45.4 Å². The molecule has 1 aliphatic heterocycles. The van der Waals surface area contributed by atoms with Crippen molar-refractivity contribution in [2.75, 3.05) is 6.54 Å². The first-order valence-corrected chi connectivity index (χ1v) is 7.74. The predicted molar refractivity (Wildman–Crippen MR) is 81.6 cm³/mol. The number of nitrogens with two attached hydrogens (primary N) is 1. The van der Waals surface area contributed by atoms with Crippen LogP contribution in [0.1, 0.15) is 32.3 Å². The van der Waals surface area contributed by atoms with Gasteiger partial charge in [0, 0.05) is 24.0 Å². The first-order chi connectivity index (χ1) is 10.0. The standard InChI is InChI=1S/C17H24N2O2/c1-17(2)14(18)13-9-6-10-19(15(13)17)16(20)21-11-12-7-4-3-5-8-12/h3-5,7-8,13-15H,6,9-11,18H2,1-2H3. The van der Waals surface area contributed by atoms with Gasteiger partial charge in [0.2, 0.25) is 0 Å². The monoisotopic (exact) mass is 288 g/mol. The molecule has 0 spiro atoms. The number of benzene rings is 1. The second kappa shape index (κ2) is 5.34. The fraction of sp³-hybridized carbons (Fsp3) is 0.588. The molecule has 4 nitrogen and oxygen atoms in total. The third-order valence-corrected chi connectivity index (χ3v) is 5.20. The Hall–Kier alpha value is -1.55. The van der Waals surface area contributed by atoms with Crippen LogP contribution in [0.15, 0.2) is 30.3 Å². The molecule has 3 unspecified atom stereocenters. The Morgan fingerprint density at radius 1 is 1.38 bits per heavy atom. The summed E-state index contributed by atoms with van der Waals surface area (Å²) in [6.45, 7) is 5.42. The van der Waals surface area contributed by atoms with Crippen molar-refractivity contribution < 1.29 is 9.53 Å². The average Bonchev–Trinajstić information content (AvgIpc) is 2.52. The molecule has 1 aliphatic carbocycles. The van der Waals surface area contributed by atoms with Crippen molar-refractivity contribution in [2.24, 2.45) is 17.1 Å².